The van der Waals surface area contributed by atoms with Crippen molar-refractivity contribution in [2.24, 2.45) is 17.1 Å². The lowest BCUT2D eigenvalue weighted by atomic mass is 9.71. The van der Waals surface area contributed by atoms with E-state index in [4.69, 9.17) is 10.5 Å². The number of carbonyl (C=O) groups excluding carboxylic acids is 1. The van der Waals surface area contributed by atoms with Crippen LogP contribution in [0.5, 0.6) is 0 Å². The van der Waals surface area contributed by atoms with Crippen LogP contribution >= 0.6 is 0 Å². The average Bonchev–Trinajstić information content (AvgIpc) is 2.34. The molecule has 2 atom stereocenters. The lowest BCUT2D eigenvalue weighted by molar-refractivity contribution is 0.0354. The van der Waals surface area contributed by atoms with Crippen molar-refractivity contribution in [3.05, 3.63) is 0 Å². The summed E-state index contributed by atoms with van der Waals surface area (Å²) in [7, 11) is 0. The molecule has 1 aliphatic carbocycles. The summed E-state index contributed by atoms with van der Waals surface area (Å²) in [4.78, 5) is 11.9. The molecule has 1 rings (SSSR count). The van der Waals surface area contributed by atoms with Gasteiger partial charge in [-0.05, 0) is 58.4 Å². The Labute approximate surface area is 111 Å². The van der Waals surface area contributed by atoms with Gasteiger partial charge in [0.05, 0.1) is 0 Å². The SMILES string of the molecule is CC(C)(C)OC(=O)N[C@@]1(C)CC[C@@H](CN)C1(C)C. The van der Waals surface area contributed by atoms with Crippen molar-refractivity contribution in [1.82, 2.24) is 5.32 Å². The fourth-order valence-electron chi connectivity index (χ4n) is 2.76. The fraction of sp³-hybridized carbons (Fsp3) is 0.929. The molecule has 1 fully saturated rings. The molecule has 0 saturated heterocycles. The van der Waals surface area contributed by atoms with E-state index in [-0.39, 0.29) is 17.0 Å². The zero-order valence-electron chi connectivity index (χ0n) is 12.6. The largest absolute Gasteiger partial charge is 0.444 e. The van der Waals surface area contributed by atoms with E-state index >= 15 is 0 Å². The zero-order chi connectivity index (χ0) is 14.2. The minimum Gasteiger partial charge on any atom is -0.444 e. The van der Waals surface area contributed by atoms with Gasteiger partial charge >= 0.3 is 6.09 Å². The summed E-state index contributed by atoms with van der Waals surface area (Å²) >= 11 is 0. The highest BCUT2D eigenvalue weighted by atomic mass is 16.6. The van der Waals surface area contributed by atoms with Crippen molar-refractivity contribution in [2.45, 2.75) is 65.5 Å². The molecule has 0 aromatic carbocycles. The molecule has 0 heterocycles. The molecule has 18 heavy (non-hydrogen) atoms. The fourth-order valence-corrected chi connectivity index (χ4v) is 2.76. The van der Waals surface area contributed by atoms with Crippen molar-refractivity contribution >= 4 is 6.09 Å². The molecule has 3 N–H and O–H groups in total. The Kier molecular flexibility index (Phi) is 4.01. The first-order valence-corrected chi connectivity index (χ1v) is 6.73. The first kappa shape index (κ1) is 15.3. The molecule has 1 saturated carbocycles. The van der Waals surface area contributed by atoms with Crippen molar-refractivity contribution in [3.63, 3.8) is 0 Å². The van der Waals surface area contributed by atoms with E-state index in [9.17, 15) is 4.79 Å². The van der Waals surface area contributed by atoms with Crippen LogP contribution in [0.3, 0.4) is 0 Å². The van der Waals surface area contributed by atoms with E-state index < -0.39 is 5.60 Å². The quantitative estimate of drug-likeness (QED) is 0.798. The number of hydrogen-bond acceptors (Lipinski definition) is 3. The number of nitrogens with two attached hydrogens (primary N) is 1. The maximum atomic E-state index is 11.9. The van der Waals surface area contributed by atoms with Crippen LogP contribution < -0.4 is 11.1 Å². The van der Waals surface area contributed by atoms with Crippen molar-refractivity contribution in [2.75, 3.05) is 6.54 Å². The number of nitrogens with one attached hydrogen (secondary N) is 1. The highest BCUT2D eigenvalue weighted by Gasteiger charge is 2.52. The first-order chi connectivity index (χ1) is 8.02. The van der Waals surface area contributed by atoms with Crippen molar-refractivity contribution in [1.29, 1.82) is 0 Å². The van der Waals surface area contributed by atoms with Gasteiger partial charge in [-0.25, -0.2) is 4.79 Å². The number of hydrogen-bond donors (Lipinski definition) is 2. The summed E-state index contributed by atoms with van der Waals surface area (Å²) in [6, 6.07) is 0. The van der Waals surface area contributed by atoms with Gasteiger partial charge in [0.25, 0.3) is 0 Å². The second-order valence-electron chi connectivity index (χ2n) is 7.15. The third-order valence-corrected chi connectivity index (χ3v) is 4.50. The van der Waals surface area contributed by atoms with Gasteiger partial charge in [0.1, 0.15) is 5.60 Å². The minimum atomic E-state index is -0.462. The average molecular weight is 256 g/mol. The predicted octanol–water partition coefficient (Wildman–Crippen LogP) is 2.66. The lowest BCUT2D eigenvalue weighted by Crippen LogP contribution is -2.55. The highest BCUT2D eigenvalue weighted by molar-refractivity contribution is 5.69. The molecule has 1 amide bonds. The Balaban J connectivity index is 2.74. The predicted molar refractivity (Wildman–Crippen MR) is 73.3 cm³/mol. The Morgan fingerprint density at radius 3 is 2.33 bits per heavy atom. The molecule has 4 heteroatoms. The lowest BCUT2D eigenvalue weighted by Gasteiger charge is -2.42. The number of ether oxygens (including phenoxy) is 1. The van der Waals surface area contributed by atoms with Crippen LogP contribution in [0, 0.1) is 11.3 Å². The van der Waals surface area contributed by atoms with Gasteiger partial charge in [0, 0.05) is 5.54 Å². The first-order valence-electron chi connectivity index (χ1n) is 6.73. The molecular formula is C14H28N2O2. The van der Waals surface area contributed by atoms with Gasteiger partial charge in [-0.1, -0.05) is 13.8 Å². The zero-order valence-corrected chi connectivity index (χ0v) is 12.6. The smallest absolute Gasteiger partial charge is 0.408 e. The van der Waals surface area contributed by atoms with Gasteiger partial charge in [-0.3, -0.25) is 0 Å². The molecule has 0 unspecified atom stereocenters. The van der Waals surface area contributed by atoms with E-state index in [1.54, 1.807) is 0 Å². The van der Waals surface area contributed by atoms with Crippen LogP contribution in [0.1, 0.15) is 54.4 Å². The molecule has 0 bridgehead atoms. The monoisotopic (exact) mass is 256 g/mol. The summed E-state index contributed by atoms with van der Waals surface area (Å²) in [5, 5.41) is 3.05. The standard InChI is InChI=1S/C14H28N2O2/c1-12(2,3)18-11(17)16-14(6)8-7-10(9-15)13(14,4)5/h10H,7-9,15H2,1-6H3,(H,16,17)/t10-,14-/m0/s1. The molecule has 0 aromatic rings. The highest BCUT2D eigenvalue weighted by Crippen LogP contribution is 2.49. The van der Waals surface area contributed by atoms with E-state index in [0.717, 1.165) is 12.8 Å². The third kappa shape index (κ3) is 2.97. The van der Waals surface area contributed by atoms with Gasteiger partial charge in [0.2, 0.25) is 0 Å². The molecule has 0 aliphatic heterocycles. The number of amides is 1. The van der Waals surface area contributed by atoms with Gasteiger partial charge in [0.15, 0.2) is 0 Å². The van der Waals surface area contributed by atoms with Crippen LogP contribution in [-0.2, 0) is 4.74 Å². The maximum Gasteiger partial charge on any atom is 0.408 e. The molecule has 1 aliphatic rings. The molecular weight excluding hydrogens is 228 g/mol. The summed E-state index contributed by atoms with van der Waals surface area (Å²) in [6.45, 7) is 12.7. The molecule has 106 valence electrons. The third-order valence-electron chi connectivity index (χ3n) is 4.50. The Bertz CT molecular complexity index is 320. The van der Waals surface area contributed by atoms with Crippen LogP contribution in [0.15, 0.2) is 0 Å². The van der Waals surface area contributed by atoms with E-state index in [0.29, 0.717) is 12.5 Å². The Hall–Kier alpha value is -0.770. The Morgan fingerprint density at radius 2 is 1.94 bits per heavy atom. The van der Waals surface area contributed by atoms with Crippen LogP contribution in [-0.4, -0.2) is 23.8 Å². The second kappa shape index (κ2) is 4.72. The van der Waals surface area contributed by atoms with Crippen LogP contribution in [0.25, 0.3) is 0 Å². The normalized spacial score (nSPS) is 31.2. The summed E-state index contributed by atoms with van der Waals surface area (Å²) in [5.74, 6) is 0.442. The molecule has 0 spiro atoms. The number of rotatable bonds is 2. The molecule has 0 aromatic heterocycles. The number of alkyl carbamates (subject to hydrolysis) is 1. The van der Waals surface area contributed by atoms with Gasteiger partial charge in [-0.2, -0.15) is 0 Å². The molecule has 4 nitrogen and oxygen atoms in total. The van der Waals surface area contributed by atoms with Crippen LogP contribution in [0.4, 0.5) is 4.79 Å². The van der Waals surface area contributed by atoms with Crippen molar-refractivity contribution < 1.29 is 9.53 Å². The summed E-state index contributed by atoms with van der Waals surface area (Å²) in [6.07, 6.45) is 1.66. The second-order valence-corrected chi connectivity index (χ2v) is 7.15. The van der Waals surface area contributed by atoms with Gasteiger partial charge in [-0.15, -0.1) is 0 Å². The maximum absolute atomic E-state index is 11.9. The summed E-state index contributed by atoms with van der Waals surface area (Å²) in [5.41, 5.74) is 5.09. The minimum absolute atomic E-state index is 0.0152. The van der Waals surface area contributed by atoms with E-state index in [2.05, 4.69) is 26.1 Å². The van der Waals surface area contributed by atoms with E-state index in [1.165, 1.54) is 0 Å². The Morgan fingerprint density at radius 1 is 1.39 bits per heavy atom. The van der Waals surface area contributed by atoms with Gasteiger partial charge < -0.3 is 15.8 Å². The topological polar surface area (TPSA) is 64.3 Å². The van der Waals surface area contributed by atoms with Crippen molar-refractivity contribution in [3.8, 4) is 0 Å². The summed E-state index contributed by atoms with van der Waals surface area (Å²) < 4.78 is 5.35. The van der Waals surface area contributed by atoms with E-state index in [1.807, 2.05) is 20.8 Å². The van der Waals surface area contributed by atoms with Crippen LogP contribution in [0.2, 0.25) is 0 Å². The molecule has 0 radical (unpaired) electrons. The number of carbonyl (C=O) groups is 1.